The van der Waals surface area contributed by atoms with Crippen LogP contribution in [0.4, 0.5) is 13.2 Å². The van der Waals surface area contributed by atoms with Crippen LogP contribution in [-0.2, 0) is 6.18 Å². The van der Waals surface area contributed by atoms with Gasteiger partial charge in [-0.3, -0.25) is 4.79 Å². The molecule has 0 saturated heterocycles. The molecule has 21 heavy (non-hydrogen) atoms. The average Bonchev–Trinajstić information content (AvgIpc) is 2.45. The van der Waals surface area contributed by atoms with Gasteiger partial charge in [0, 0.05) is 10.0 Å². The van der Waals surface area contributed by atoms with Gasteiger partial charge >= 0.3 is 6.18 Å². The van der Waals surface area contributed by atoms with Crippen LogP contribution < -0.4 is 0 Å². The number of carbonyl (C=O) groups is 1. The Labute approximate surface area is 128 Å². The zero-order valence-electron chi connectivity index (χ0n) is 10.7. The van der Waals surface area contributed by atoms with Gasteiger partial charge in [0.15, 0.2) is 5.78 Å². The van der Waals surface area contributed by atoms with Crippen LogP contribution in [0.2, 0.25) is 0 Å². The van der Waals surface area contributed by atoms with E-state index in [4.69, 9.17) is 0 Å². The van der Waals surface area contributed by atoms with Gasteiger partial charge in [0.1, 0.15) is 0 Å². The minimum Gasteiger partial charge on any atom is -0.289 e. The fourth-order valence-corrected chi connectivity index (χ4v) is 2.04. The van der Waals surface area contributed by atoms with E-state index < -0.39 is 11.7 Å². The van der Waals surface area contributed by atoms with Crippen LogP contribution in [0, 0.1) is 0 Å². The third-order valence-corrected chi connectivity index (χ3v) is 3.34. The second-order valence-electron chi connectivity index (χ2n) is 4.29. The Morgan fingerprint density at radius 1 is 1.00 bits per heavy atom. The molecule has 0 fully saturated rings. The summed E-state index contributed by atoms with van der Waals surface area (Å²) < 4.78 is 39.3. The van der Waals surface area contributed by atoms with Crippen molar-refractivity contribution in [2.45, 2.75) is 6.18 Å². The molecule has 1 nitrogen and oxygen atoms in total. The Hall–Kier alpha value is -1.88. The molecule has 2 aromatic carbocycles. The summed E-state index contributed by atoms with van der Waals surface area (Å²) in [6.45, 7) is 0. The summed E-state index contributed by atoms with van der Waals surface area (Å²) in [7, 11) is 0. The first-order valence-corrected chi connectivity index (χ1v) is 6.81. The highest BCUT2D eigenvalue weighted by molar-refractivity contribution is 9.10. The Bertz CT molecular complexity index is 673. The predicted molar refractivity (Wildman–Crippen MR) is 79.0 cm³/mol. The molecule has 0 atom stereocenters. The lowest BCUT2D eigenvalue weighted by Crippen LogP contribution is -2.07. The maximum Gasteiger partial charge on any atom is 0.416 e. The lowest BCUT2D eigenvalue weighted by Gasteiger charge is -2.09. The summed E-state index contributed by atoms with van der Waals surface area (Å²) in [4.78, 5) is 11.9. The molecular formula is C16H10BrF3O. The van der Waals surface area contributed by atoms with E-state index in [0.717, 1.165) is 16.6 Å². The zero-order chi connectivity index (χ0) is 15.5. The highest BCUT2D eigenvalue weighted by Crippen LogP contribution is 2.32. The van der Waals surface area contributed by atoms with Gasteiger partial charge < -0.3 is 0 Å². The second kappa shape index (κ2) is 6.26. The molecule has 0 aliphatic heterocycles. The minimum absolute atomic E-state index is 0.0320. The highest BCUT2D eigenvalue weighted by atomic mass is 79.9. The van der Waals surface area contributed by atoms with E-state index in [2.05, 4.69) is 15.9 Å². The van der Waals surface area contributed by atoms with E-state index in [0.29, 0.717) is 5.56 Å². The quantitative estimate of drug-likeness (QED) is 0.535. The van der Waals surface area contributed by atoms with Crippen molar-refractivity contribution in [3.8, 4) is 0 Å². The molecule has 0 aliphatic rings. The molecule has 0 N–H and O–H groups in total. The normalized spacial score (nSPS) is 11.8. The Morgan fingerprint density at radius 2 is 1.62 bits per heavy atom. The summed E-state index contributed by atoms with van der Waals surface area (Å²) in [5.74, 6) is -0.348. The number of alkyl halides is 3. The van der Waals surface area contributed by atoms with E-state index in [-0.39, 0.29) is 11.3 Å². The third kappa shape index (κ3) is 4.04. The van der Waals surface area contributed by atoms with Crippen LogP contribution in [0.25, 0.3) is 6.08 Å². The summed E-state index contributed by atoms with van der Waals surface area (Å²) in [6.07, 6.45) is -2.11. The molecule has 0 saturated carbocycles. The number of hydrogen-bond acceptors (Lipinski definition) is 1. The predicted octanol–water partition coefficient (Wildman–Crippen LogP) is 5.36. The standard InChI is InChI=1S/C16H10BrF3O/c17-13-8-5-12(6-9-13)15(21)10-7-11-3-1-2-4-14(11)16(18,19)20/h1-10H. The molecule has 108 valence electrons. The molecule has 0 heterocycles. The van der Waals surface area contributed by atoms with Crippen LogP contribution in [-0.4, -0.2) is 5.78 Å². The van der Waals surface area contributed by atoms with Crippen LogP contribution in [0.15, 0.2) is 59.1 Å². The Kier molecular flexibility index (Phi) is 4.63. The number of halogens is 4. The molecule has 0 spiro atoms. The highest BCUT2D eigenvalue weighted by Gasteiger charge is 2.32. The van der Waals surface area contributed by atoms with E-state index in [1.165, 1.54) is 24.3 Å². The largest absolute Gasteiger partial charge is 0.416 e. The van der Waals surface area contributed by atoms with Crippen molar-refractivity contribution in [1.29, 1.82) is 0 Å². The lowest BCUT2D eigenvalue weighted by molar-refractivity contribution is -0.137. The monoisotopic (exact) mass is 354 g/mol. The van der Waals surface area contributed by atoms with Gasteiger partial charge in [0.2, 0.25) is 0 Å². The van der Waals surface area contributed by atoms with Crippen molar-refractivity contribution in [2.75, 3.05) is 0 Å². The lowest BCUT2D eigenvalue weighted by atomic mass is 10.0. The van der Waals surface area contributed by atoms with Gasteiger partial charge in [-0.15, -0.1) is 0 Å². The molecular weight excluding hydrogens is 345 g/mol. The Morgan fingerprint density at radius 3 is 2.24 bits per heavy atom. The average molecular weight is 355 g/mol. The van der Waals surface area contributed by atoms with E-state index in [1.54, 1.807) is 24.3 Å². The number of hydrogen-bond donors (Lipinski definition) is 0. The van der Waals surface area contributed by atoms with Crippen molar-refractivity contribution in [3.63, 3.8) is 0 Å². The smallest absolute Gasteiger partial charge is 0.289 e. The molecule has 0 bridgehead atoms. The van der Waals surface area contributed by atoms with E-state index in [9.17, 15) is 18.0 Å². The van der Waals surface area contributed by atoms with E-state index >= 15 is 0 Å². The van der Waals surface area contributed by atoms with Gasteiger partial charge in [-0.2, -0.15) is 13.2 Å². The summed E-state index contributed by atoms with van der Waals surface area (Å²) in [6, 6.07) is 11.7. The number of benzene rings is 2. The SMILES string of the molecule is O=C(C=Cc1ccccc1C(F)(F)F)c1ccc(Br)cc1. The molecule has 0 unspecified atom stereocenters. The summed E-state index contributed by atoms with van der Waals surface area (Å²) in [5.41, 5.74) is -0.376. The molecule has 0 aliphatic carbocycles. The van der Waals surface area contributed by atoms with E-state index in [1.807, 2.05) is 0 Å². The van der Waals surface area contributed by atoms with Crippen molar-refractivity contribution in [2.24, 2.45) is 0 Å². The van der Waals surface area contributed by atoms with Crippen molar-refractivity contribution >= 4 is 27.8 Å². The van der Waals surface area contributed by atoms with Gasteiger partial charge in [-0.05, 0) is 42.0 Å². The number of allylic oxidation sites excluding steroid dienone is 1. The fourth-order valence-electron chi connectivity index (χ4n) is 1.78. The van der Waals surface area contributed by atoms with Crippen molar-refractivity contribution < 1.29 is 18.0 Å². The van der Waals surface area contributed by atoms with Crippen LogP contribution in [0.3, 0.4) is 0 Å². The van der Waals surface area contributed by atoms with Gasteiger partial charge in [0.05, 0.1) is 5.56 Å². The van der Waals surface area contributed by atoms with Crippen molar-refractivity contribution in [1.82, 2.24) is 0 Å². The third-order valence-electron chi connectivity index (χ3n) is 2.81. The first-order chi connectivity index (χ1) is 9.88. The topological polar surface area (TPSA) is 17.1 Å². The van der Waals surface area contributed by atoms with Crippen molar-refractivity contribution in [3.05, 3.63) is 75.8 Å². The fraction of sp³-hybridized carbons (Fsp3) is 0.0625. The summed E-state index contributed by atoms with van der Waals surface area (Å²) in [5, 5.41) is 0. The zero-order valence-corrected chi connectivity index (χ0v) is 12.3. The maximum absolute atomic E-state index is 12.8. The second-order valence-corrected chi connectivity index (χ2v) is 5.21. The van der Waals surface area contributed by atoms with Crippen LogP contribution in [0.1, 0.15) is 21.5 Å². The number of carbonyl (C=O) groups excluding carboxylic acids is 1. The Balaban J connectivity index is 2.26. The van der Waals surface area contributed by atoms with Crippen LogP contribution >= 0.6 is 15.9 Å². The molecule has 5 heteroatoms. The summed E-state index contributed by atoms with van der Waals surface area (Å²) >= 11 is 3.25. The first-order valence-electron chi connectivity index (χ1n) is 6.02. The molecule has 0 radical (unpaired) electrons. The van der Waals surface area contributed by atoms with Gasteiger partial charge in [0.25, 0.3) is 0 Å². The molecule has 0 amide bonds. The van der Waals surface area contributed by atoms with Gasteiger partial charge in [-0.1, -0.05) is 40.2 Å². The first kappa shape index (κ1) is 15.5. The van der Waals surface area contributed by atoms with Crippen LogP contribution in [0.5, 0.6) is 0 Å². The molecule has 0 aromatic heterocycles. The maximum atomic E-state index is 12.8. The number of rotatable bonds is 3. The number of ketones is 1. The molecule has 2 aromatic rings. The van der Waals surface area contributed by atoms with Gasteiger partial charge in [-0.25, -0.2) is 0 Å². The minimum atomic E-state index is -4.44. The molecule has 2 rings (SSSR count).